The number of benzene rings is 4. The Morgan fingerprint density at radius 2 is 1.34 bits per heavy atom. The van der Waals surface area contributed by atoms with Crippen LogP contribution in [0.15, 0.2) is 109 Å². The monoisotopic (exact) mass is 891 g/mol. The van der Waals surface area contributed by atoms with Gasteiger partial charge in [0, 0.05) is 20.0 Å². The molecular weight excluding hydrogens is 821 g/mol. The summed E-state index contributed by atoms with van der Waals surface area (Å²) in [7, 11) is 1.78. The van der Waals surface area contributed by atoms with Gasteiger partial charge in [0.15, 0.2) is 6.10 Å². The second-order valence-electron chi connectivity index (χ2n) is 17.8. The average Bonchev–Trinajstić information content (AvgIpc) is 3.27. The van der Waals surface area contributed by atoms with E-state index in [0.29, 0.717) is 51.1 Å². The Bertz CT molecular complexity index is 2120. The Morgan fingerprint density at radius 1 is 0.738 bits per heavy atom. The molecule has 4 rings (SSSR count). The third-order valence-electron chi connectivity index (χ3n) is 10.8. The highest BCUT2D eigenvalue weighted by molar-refractivity contribution is 5.98. The Balaban J connectivity index is 1.19. The van der Waals surface area contributed by atoms with Gasteiger partial charge in [-0.25, -0.2) is 4.79 Å². The van der Waals surface area contributed by atoms with Crippen LogP contribution in [-0.2, 0) is 25.5 Å². The molecule has 0 aliphatic heterocycles. The van der Waals surface area contributed by atoms with E-state index in [1.807, 2.05) is 98.8 Å². The molecule has 4 aromatic carbocycles. The number of nitrogens with one attached hydrogen (secondary N) is 3. The lowest BCUT2D eigenvalue weighted by Gasteiger charge is -2.28. The van der Waals surface area contributed by atoms with Crippen LogP contribution < -0.4 is 20.7 Å². The Labute approximate surface area is 385 Å². The summed E-state index contributed by atoms with van der Waals surface area (Å²) in [5, 5.41) is 29.4. The molecule has 0 aliphatic rings. The van der Waals surface area contributed by atoms with E-state index < -0.39 is 35.8 Å². The fourth-order valence-electron chi connectivity index (χ4n) is 7.44. The van der Waals surface area contributed by atoms with Crippen LogP contribution in [0.4, 0.5) is 4.79 Å². The highest BCUT2D eigenvalue weighted by atomic mass is 16.6. The lowest BCUT2D eigenvalue weighted by atomic mass is 9.88. The number of hydrogen-bond donors (Lipinski definition) is 5. The van der Waals surface area contributed by atoms with Crippen molar-refractivity contribution in [2.45, 2.75) is 117 Å². The summed E-state index contributed by atoms with van der Waals surface area (Å²) < 4.78 is 11.4. The number of ether oxygens (including phenoxy) is 2. The lowest BCUT2D eigenvalue weighted by molar-refractivity contribution is -0.135. The molecule has 0 radical (unpaired) electrons. The largest absolute Gasteiger partial charge is 0.508 e. The number of phenols is 1. The standard InChI is InChI=1S/C53H70N4O8/c1-8-44(39-21-15-12-16-22-39)48(40-24-28-42(58)29-25-40)41-26-30-43(31-27-41)64-34-33-57(7)47(59)23-17-9-10-18-32-54-50(61)46(35-37(2)3)55-51(62)49(60)45(36-38-19-13-11-14-20-38)56-52(63)65-53(4,5)6/h11-16,19-22,24-31,37,45-46,49,58,60H,8-10,17-18,23,32-36H2,1-7H3,(H,54,61)(H,55,62)(H,56,63)/t45-,46+,49+/m1/s1. The number of hydrogen-bond acceptors (Lipinski definition) is 8. The number of nitrogens with zero attached hydrogens (tertiary/aromatic N) is 1. The van der Waals surface area contributed by atoms with E-state index in [4.69, 9.17) is 9.47 Å². The van der Waals surface area contributed by atoms with Gasteiger partial charge < -0.3 is 40.5 Å². The molecule has 0 unspecified atom stereocenters. The number of amides is 4. The van der Waals surface area contributed by atoms with Gasteiger partial charge in [-0.05, 0) is 116 Å². The number of allylic oxidation sites excluding steroid dienone is 1. The molecule has 4 amide bonds. The molecule has 0 spiro atoms. The molecule has 4 aromatic rings. The number of rotatable bonds is 24. The maximum absolute atomic E-state index is 13.4. The average molecular weight is 891 g/mol. The number of carbonyl (C=O) groups is 4. The quantitative estimate of drug-likeness (QED) is 0.0344. The van der Waals surface area contributed by atoms with Crippen LogP contribution in [0.2, 0.25) is 0 Å². The summed E-state index contributed by atoms with van der Waals surface area (Å²) in [6, 6.07) is 32.9. The number of alkyl carbamates (subject to hydrolysis) is 1. The smallest absolute Gasteiger partial charge is 0.407 e. The second-order valence-corrected chi connectivity index (χ2v) is 17.8. The normalized spacial score (nSPS) is 13.2. The first-order valence-electron chi connectivity index (χ1n) is 22.9. The van der Waals surface area contributed by atoms with Crippen LogP contribution in [0, 0.1) is 5.92 Å². The lowest BCUT2D eigenvalue weighted by Crippen LogP contribution is -2.56. The van der Waals surface area contributed by atoms with Crippen LogP contribution in [0.3, 0.4) is 0 Å². The number of unbranched alkanes of at least 4 members (excludes halogenated alkanes) is 3. The number of aliphatic hydroxyl groups excluding tert-OH is 1. The predicted molar refractivity (Wildman–Crippen MR) is 257 cm³/mol. The topological polar surface area (TPSA) is 167 Å². The number of aliphatic hydroxyl groups is 1. The summed E-state index contributed by atoms with van der Waals surface area (Å²) in [6.45, 7) is 12.4. The van der Waals surface area contributed by atoms with E-state index in [0.717, 1.165) is 47.1 Å². The van der Waals surface area contributed by atoms with E-state index in [2.05, 4.69) is 35.0 Å². The van der Waals surface area contributed by atoms with E-state index in [1.165, 1.54) is 5.57 Å². The predicted octanol–water partition coefficient (Wildman–Crippen LogP) is 8.69. The van der Waals surface area contributed by atoms with Gasteiger partial charge in [-0.2, -0.15) is 0 Å². The minimum Gasteiger partial charge on any atom is -0.508 e. The summed E-state index contributed by atoms with van der Waals surface area (Å²) in [4.78, 5) is 53.9. The first kappa shape index (κ1) is 51.5. The maximum atomic E-state index is 13.4. The number of carbonyl (C=O) groups excluding carboxylic acids is 4. The Kier molecular flexibility index (Phi) is 20.6. The molecule has 0 saturated carbocycles. The Morgan fingerprint density at radius 3 is 1.94 bits per heavy atom. The highest BCUT2D eigenvalue weighted by Crippen LogP contribution is 2.35. The number of phenolic OH excluding ortho intramolecular Hbond substituents is 1. The summed E-state index contributed by atoms with van der Waals surface area (Å²) in [5.74, 6) is -0.0762. The third-order valence-corrected chi connectivity index (χ3v) is 10.8. The molecule has 65 heavy (non-hydrogen) atoms. The van der Waals surface area contributed by atoms with Crippen LogP contribution in [0.5, 0.6) is 11.5 Å². The maximum Gasteiger partial charge on any atom is 0.407 e. The molecule has 5 N–H and O–H groups in total. The third kappa shape index (κ3) is 17.7. The van der Waals surface area contributed by atoms with E-state index in [-0.39, 0.29) is 29.9 Å². The van der Waals surface area contributed by atoms with Crippen LogP contribution in [0.1, 0.15) is 109 Å². The van der Waals surface area contributed by atoms with Crippen molar-refractivity contribution < 1.29 is 38.9 Å². The minimum absolute atomic E-state index is 0.0377. The van der Waals surface area contributed by atoms with Crippen molar-refractivity contribution in [2.24, 2.45) is 5.92 Å². The first-order valence-corrected chi connectivity index (χ1v) is 22.9. The SMILES string of the molecule is CCC(=C(c1ccc(O)cc1)c1ccc(OCCN(C)C(=O)CCCCCCNC(=O)[C@H](CC(C)C)NC(=O)[C@@H](O)[C@@H](Cc2ccccc2)NC(=O)OC(C)(C)C)cc1)c1ccccc1. The molecule has 12 heteroatoms. The zero-order valence-electron chi connectivity index (χ0n) is 39.3. The van der Waals surface area contributed by atoms with Crippen molar-refractivity contribution >= 4 is 35.0 Å². The van der Waals surface area contributed by atoms with Gasteiger partial charge in [0.25, 0.3) is 5.91 Å². The molecule has 0 aromatic heterocycles. The fraction of sp³-hybridized carbons (Fsp3) is 0.434. The highest BCUT2D eigenvalue weighted by Gasteiger charge is 2.32. The molecule has 0 saturated heterocycles. The molecule has 0 fully saturated rings. The van der Waals surface area contributed by atoms with Crippen molar-refractivity contribution in [3.05, 3.63) is 131 Å². The van der Waals surface area contributed by atoms with Gasteiger partial charge in [0.1, 0.15) is 29.7 Å². The van der Waals surface area contributed by atoms with Crippen molar-refractivity contribution in [3.63, 3.8) is 0 Å². The molecule has 0 heterocycles. The summed E-state index contributed by atoms with van der Waals surface area (Å²) in [6.07, 6.45) is 2.38. The molecular formula is C53H70N4O8. The Hall–Kier alpha value is -6.14. The van der Waals surface area contributed by atoms with Crippen LogP contribution >= 0.6 is 0 Å². The van der Waals surface area contributed by atoms with Crippen LogP contribution in [0.25, 0.3) is 11.1 Å². The van der Waals surface area contributed by atoms with Gasteiger partial charge in [-0.15, -0.1) is 0 Å². The molecule has 3 atom stereocenters. The van der Waals surface area contributed by atoms with Crippen molar-refractivity contribution in [3.8, 4) is 11.5 Å². The molecule has 0 bridgehead atoms. The number of likely N-dealkylation sites (N-methyl/N-ethyl adjacent to an activating group) is 1. The van der Waals surface area contributed by atoms with E-state index >= 15 is 0 Å². The molecule has 12 nitrogen and oxygen atoms in total. The number of aromatic hydroxyl groups is 1. The van der Waals surface area contributed by atoms with Gasteiger partial charge in [-0.1, -0.05) is 119 Å². The summed E-state index contributed by atoms with van der Waals surface area (Å²) in [5.41, 5.74) is 5.51. The van der Waals surface area contributed by atoms with Crippen molar-refractivity contribution in [1.82, 2.24) is 20.9 Å². The van der Waals surface area contributed by atoms with E-state index in [1.54, 1.807) is 44.9 Å². The zero-order valence-corrected chi connectivity index (χ0v) is 39.3. The van der Waals surface area contributed by atoms with Gasteiger partial charge >= 0.3 is 6.09 Å². The molecule has 350 valence electrons. The zero-order chi connectivity index (χ0) is 47.4. The van der Waals surface area contributed by atoms with Gasteiger partial charge in [0.05, 0.1) is 12.6 Å². The fourth-order valence-corrected chi connectivity index (χ4v) is 7.44. The second kappa shape index (κ2) is 26.0. The van der Waals surface area contributed by atoms with Gasteiger partial charge in [-0.3, -0.25) is 14.4 Å². The van der Waals surface area contributed by atoms with E-state index in [9.17, 15) is 29.4 Å². The minimum atomic E-state index is -1.65. The van der Waals surface area contributed by atoms with Crippen LogP contribution in [-0.4, -0.2) is 89.5 Å². The van der Waals surface area contributed by atoms with Gasteiger partial charge in [0.2, 0.25) is 11.8 Å². The first-order chi connectivity index (χ1) is 31.0. The summed E-state index contributed by atoms with van der Waals surface area (Å²) >= 11 is 0. The molecule has 0 aliphatic carbocycles. The van der Waals surface area contributed by atoms with Crippen molar-refractivity contribution in [2.75, 3.05) is 26.7 Å². The van der Waals surface area contributed by atoms with Crippen molar-refractivity contribution in [1.29, 1.82) is 0 Å².